The van der Waals surface area contributed by atoms with Crippen molar-refractivity contribution >= 4 is 23.8 Å². The van der Waals surface area contributed by atoms with Crippen molar-refractivity contribution in [3.8, 4) is 0 Å². The number of unbranched alkanes of at least 4 members (excludes halogenated alkanes) is 4. The lowest BCUT2D eigenvalue weighted by atomic mass is 10.1. The van der Waals surface area contributed by atoms with Gasteiger partial charge in [-0.3, -0.25) is 4.79 Å². The summed E-state index contributed by atoms with van der Waals surface area (Å²) < 4.78 is 0. The fourth-order valence-electron chi connectivity index (χ4n) is 1.59. The molecule has 0 aliphatic heterocycles. The Morgan fingerprint density at radius 2 is 1.53 bits per heavy atom. The van der Waals surface area contributed by atoms with Crippen molar-refractivity contribution in [2.24, 2.45) is 0 Å². The van der Waals surface area contributed by atoms with Gasteiger partial charge >= 0.3 is 12.0 Å². The van der Waals surface area contributed by atoms with Gasteiger partial charge in [-0.25, -0.2) is 4.79 Å². The van der Waals surface area contributed by atoms with Gasteiger partial charge in [0.1, 0.15) is 0 Å². The first-order valence-electron chi connectivity index (χ1n) is 6.89. The molecule has 0 fully saturated rings. The van der Waals surface area contributed by atoms with Crippen LogP contribution in [0.15, 0.2) is 0 Å². The molecule has 0 radical (unpaired) electrons. The van der Waals surface area contributed by atoms with Gasteiger partial charge in [-0.05, 0) is 37.7 Å². The van der Waals surface area contributed by atoms with E-state index in [0.717, 1.165) is 50.8 Å². The Kier molecular flexibility index (Phi) is 12.9. The molecule has 0 atom stereocenters. The fraction of sp³-hybridized carbons (Fsp3) is 0.846. The first-order valence-corrected chi connectivity index (χ1v) is 8.28. The molecule has 0 rings (SSSR count). The minimum atomic E-state index is -0.737. The Morgan fingerprint density at radius 3 is 2.11 bits per heavy atom. The molecule has 0 aromatic rings. The lowest BCUT2D eigenvalue weighted by molar-refractivity contribution is -0.137. The number of amides is 2. The van der Waals surface area contributed by atoms with E-state index in [-0.39, 0.29) is 12.5 Å². The third-order valence-electron chi connectivity index (χ3n) is 2.66. The van der Waals surface area contributed by atoms with E-state index in [0.29, 0.717) is 6.54 Å². The molecule has 3 N–H and O–H groups in total. The zero-order valence-corrected chi connectivity index (χ0v) is 12.6. The SMILES string of the molecule is CSCCCCNC(=O)NCCCCCCC(=O)O. The van der Waals surface area contributed by atoms with E-state index >= 15 is 0 Å². The van der Waals surface area contributed by atoms with E-state index in [9.17, 15) is 9.59 Å². The van der Waals surface area contributed by atoms with Crippen LogP contribution in [0.1, 0.15) is 44.9 Å². The number of rotatable bonds is 12. The van der Waals surface area contributed by atoms with Gasteiger partial charge in [-0.1, -0.05) is 12.8 Å². The van der Waals surface area contributed by atoms with Gasteiger partial charge in [0.15, 0.2) is 0 Å². The van der Waals surface area contributed by atoms with Gasteiger partial charge in [0.2, 0.25) is 0 Å². The Balaban J connectivity index is 3.18. The van der Waals surface area contributed by atoms with Gasteiger partial charge in [-0.2, -0.15) is 11.8 Å². The minimum Gasteiger partial charge on any atom is -0.481 e. The summed E-state index contributed by atoms with van der Waals surface area (Å²) in [7, 11) is 0. The van der Waals surface area contributed by atoms with Crippen LogP contribution in [0.3, 0.4) is 0 Å². The maximum atomic E-state index is 11.3. The third kappa shape index (κ3) is 15.0. The second kappa shape index (κ2) is 13.5. The quantitative estimate of drug-likeness (QED) is 0.482. The third-order valence-corrected chi connectivity index (χ3v) is 3.36. The monoisotopic (exact) mass is 290 g/mol. The Morgan fingerprint density at radius 1 is 0.947 bits per heavy atom. The minimum absolute atomic E-state index is 0.102. The highest BCUT2D eigenvalue weighted by Crippen LogP contribution is 2.02. The Bertz CT molecular complexity index is 250. The van der Waals surface area contributed by atoms with Crippen LogP contribution in [0, 0.1) is 0 Å². The van der Waals surface area contributed by atoms with E-state index in [1.54, 1.807) is 0 Å². The van der Waals surface area contributed by atoms with Gasteiger partial charge in [0.25, 0.3) is 0 Å². The van der Waals surface area contributed by atoms with E-state index in [4.69, 9.17) is 5.11 Å². The molecule has 0 saturated heterocycles. The van der Waals surface area contributed by atoms with Crippen LogP contribution in [-0.4, -0.2) is 42.2 Å². The molecule has 0 unspecified atom stereocenters. The molecular formula is C13H26N2O3S. The molecule has 0 aliphatic rings. The van der Waals surface area contributed by atoms with Crippen molar-refractivity contribution in [3.63, 3.8) is 0 Å². The summed E-state index contributed by atoms with van der Waals surface area (Å²) in [5.41, 5.74) is 0. The van der Waals surface area contributed by atoms with Crippen molar-refractivity contribution in [3.05, 3.63) is 0 Å². The standard InChI is InChI=1S/C13H26N2O3S/c1-19-11-7-6-10-15-13(18)14-9-5-3-2-4-8-12(16)17/h2-11H2,1H3,(H,16,17)(H2,14,15,18). The summed E-state index contributed by atoms with van der Waals surface area (Å²) in [6, 6.07) is -0.102. The molecular weight excluding hydrogens is 264 g/mol. The predicted octanol–water partition coefficient (Wildman–Crippen LogP) is 2.46. The summed E-state index contributed by atoms with van der Waals surface area (Å²) in [6.45, 7) is 1.38. The molecule has 0 spiro atoms. The van der Waals surface area contributed by atoms with Crippen LogP contribution in [0.4, 0.5) is 4.79 Å². The summed E-state index contributed by atoms with van der Waals surface area (Å²) in [6.07, 6.45) is 7.96. The number of thioether (sulfide) groups is 1. The number of aliphatic carboxylic acids is 1. The highest BCUT2D eigenvalue weighted by atomic mass is 32.2. The summed E-state index contributed by atoms with van der Waals surface area (Å²) >= 11 is 1.82. The van der Waals surface area contributed by atoms with E-state index in [2.05, 4.69) is 16.9 Å². The number of carbonyl (C=O) groups excluding carboxylic acids is 1. The van der Waals surface area contributed by atoms with Crippen molar-refractivity contribution < 1.29 is 14.7 Å². The molecule has 5 nitrogen and oxygen atoms in total. The molecule has 19 heavy (non-hydrogen) atoms. The number of carbonyl (C=O) groups is 2. The van der Waals surface area contributed by atoms with E-state index in [1.165, 1.54) is 0 Å². The second-order valence-corrected chi connectivity index (χ2v) is 5.43. The van der Waals surface area contributed by atoms with Crippen LogP contribution < -0.4 is 10.6 Å². The van der Waals surface area contributed by atoms with E-state index in [1.807, 2.05) is 11.8 Å². The highest BCUT2D eigenvalue weighted by Gasteiger charge is 1.99. The van der Waals surface area contributed by atoms with Gasteiger partial charge in [0, 0.05) is 19.5 Å². The Hall–Kier alpha value is -0.910. The average Bonchev–Trinajstić information content (AvgIpc) is 2.37. The largest absolute Gasteiger partial charge is 0.481 e. The maximum absolute atomic E-state index is 11.3. The lowest BCUT2D eigenvalue weighted by Gasteiger charge is -2.07. The van der Waals surface area contributed by atoms with Gasteiger partial charge in [0.05, 0.1) is 0 Å². The molecule has 0 bridgehead atoms. The van der Waals surface area contributed by atoms with Crippen LogP contribution in [-0.2, 0) is 4.79 Å². The van der Waals surface area contributed by atoms with Gasteiger partial charge < -0.3 is 15.7 Å². The molecule has 112 valence electrons. The number of carboxylic acid groups (broad SMARTS) is 1. The van der Waals surface area contributed by atoms with Gasteiger partial charge in [-0.15, -0.1) is 0 Å². The number of hydrogen-bond acceptors (Lipinski definition) is 3. The van der Waals surface area contributed by atoms with Crippen LogP contribution in [0.2, 0.25) is 0 Å². The molecule has 6 heteroatoms. The molecule has 0 heterocycles. The van der Waals surface area contributed by atoms with Crippen LogP contribution in [0.5, 0.6) is 0 Å². The topological polar surface area (TPSA) is 78.4 Å². The second-order valence-electron chi connectivity index (χ2n) is 4.44. The van der Waals surface area contributed by atoms with Crippen molar-refractivity contribution in [1.29, 1.82) is 0 Å². The smallest absolute Gasteiger partial charge is 0.314 e. The summed E-state index contributed by atoms with van der Waals surface area (Å²) in [5, 5.41) is 14.1. The first kappa shape index (κ1) is 18.1. The van der Waals surface area contributed by atoms with Crippen molar-refractivity contribution in [2.75, 3.05) is 25.1 Å². The molecule has 0 aromatic carbocycles. The maximum Gasteiger partial charge on any atom is 0.314 e. The highest BCUT2D eigenvalue weighted by molar-refractivity contribution is 7.98. The average molecular weight is 290 g/mol. The van der Waals surface area contributed by atoms with Crippen molar-refractivity contribution in [1.82, 2.24) is 10.6 Å². The summed E-state index contributed by atoms with van der Waals surface area (Å²) in [4.78, 5) is 21.6. The summed E-state index contributed by atoms with van der Waals surface area (Å²) in [5.74, 6) is 0.401. The normalized spacial score (nSPS) is 10.2. The zero-order chi connectivity index (χ0) is 14.3. The molecule has 0 aromatic heterocycles. The Labute approximate surface area is 119 Å². The number of carboxylic acids is 1. The molecule has 0 aliphatic carbocycles. The first-order chi connectivity index (χ1) is 9.16. The lowest BCUT2D eigenvalue weighted by Crippen LogP contribution is -2.36. The predicted molar refractivity (Wildman–Crippen MR) is 79.7 cm³/mol. The molecule has 2 amide bonds. The number of nitrogens with one attached hydrogen (secondary N) is 2. The number of hydrogen-bond donors (Lipinski definition) is 3. The van der Waals surface area contributed by atoms with Crippen molar-refractivity contribution in [2.45, 2.75) is 44.9 Å². The van der Waals surface area contributed by atoms with E-state index < -0.39 is 5.97 Å². The van der Waals surface area contributed by atoms with Crippen LogP contribution >= 0.6 is 11.8 Å². The fourth-order valence-corrected chi connectivity index (χ4v) is 2.09. The zero-order valence-electron chi connectivity index (χ0n) is 11.7. The molecule has 0 saturated carbocycles. The number of urea groups is 1. The van der Waals surface area contributed by atoms with Crippen LogP contribution in [0.25, 0.3) is 0 Å².